The number of para-hydroxylation sites is 1. The summed E-state index contributed by atoms with van der Waals surface area (Å²) in [6.07, 6.45) is 5.75. The van der Waals surface area contributed by atoms with Crippen LogP contribution in [0.2, 0.25) is 5.02 Å². The summed E-state index contributed by atoms with van der Waals surface area (Å²) in [6.45, 7) is 0.460. The number of halogens is 1. The van der Waals surface area contributed by atoms with E-state index in [1.54, 1.807) is 24.5 Å². The topological polar surface area (TPSA) is 67.0 Å². The van der Waals surface area contributed by atoms with Gasteiger partial charge in [-0.3, -0.25) is 9.78 Å². The van der Waals surface area contributed by atoms with Crippen LogP contribution >= 0.6 is 11.6 Å². The van der Waals surface area contributed by atoms with Crippen molar-refractivity contribution >= 4 is 28.4 Å². The van der Waals surface area contributed by atoms with Crippen LogP contribution in [0, 0.1) is 0 Å². The number of H-pyrrole nitrogens is 1. The van der Waals surface area contributed by atoms with Crippen molar-refractivity contribution < 1.29 is 9.53 Å². The Morgan fingerprint density at radius 1 is 0.943 bits per heavy atom. The summed E-state index contributed by atoms with van der Waals surface area (Å²) in [6, 6.07) is 27.1. The molecule has 6 heteroatoms. The van der Waals surface area contributed by atoms with Gasteiger partial charge >= 0.3 is 0 Å². The van der Waals surface area contributed by atoms with Gasteiger partial charge in [-0.15, -0.1) is 0 Å². The van der Waals surface area contributed by atoms with Crippen molar-refractivity contribution in [1.29, 1.82) is 0 Å². The first kappa shape index (κ1) is 22.7. The molecule has 2 N–H and O–H groups in total. The first-order valence-corrected chi connectivity index (χ1v) is 11.8. The fraction of sp³-hybridized carbons (Fsp3) is 0.103. The molecule has 0 spiro atoms. The fourth-order valence-electron chi connectivity index (χ4n) is 4.18. The van der Waals surface area contributed by atoms with Crippen LogP contribution < -0.4 is 10.1 Å². The molecule has 0 aliphatic carbocycles. The Morgan fingerprint density at radius 2 is 1.74 bits per heavy atom. The Hall–Kier alpha value is -4.09. The van der Waals surface area contributed by atoms with Crippen LogP contribution in [0.3, 0.4) is 0 Å². The zero-order valence-corrected chi connectivity index (χ0v) is 19.7. The number of hydrogen-bond donors (Lipinski definition) is 2. The SMILES string of the molecule is O=C(CC(c1cccc(Oc2ccc(Cl)cc2)c1)c1c[nH]c2ccccc12)NCc1ccncc1. The van der Waals surface area contributed by atoms with E-state index in [1.807, 2.05) is 72.9 Å². The number of rotatable bonds is 8. The second kappa shape index (κ2) is 10.5. The molecule has 2 heterocycles. The highest BCUT2D eigenvalue weighted by atomic mass is 35.5. The summed E-state index contributed by atoms with van der Waals surface area (Å²) < 4.78 is 6.07. The lowest BCUT2D eigenvalue weighted by Crippen LogP contribution is -2.25. The lowest BCUT2D eigenvalue weighted by Gasteiger charge is -2.18. The van der Waals surface area contributed by atoms with Crippen molar-refractivity contribution in [1.82, 2.24) is 15.3 Å². The molecule has 0 aliphatic heterocycles. The molecular formula is C29H24ClN3O2. The van der Waals surface area contributed by atoms with Crippen molar-refractivity contribution in [3.05, 3.63) is 125 Å². The molecule has 5 aromatic rings. The number of nitrogens with one attached hydrogen (secondary N) is 2. The molecule has 1 atom stereocenters. The van der Waals surface area contributed by atoms with Gasteiger partial charge in [0.15, 0.2) is 0 Å². The second-order valence-electron chi connectivity index (χ2n) is 8.31. The molecule has 3 aromatic carbocycles. The van der Waals surface area contributed by atoms with E-state index in [2.05, 4.69) is 21.4 Å². The number of aromatic amines is 1. The number of amides is 1. The average Bonchev–Trinajstić information content (AvgIpc) is 3.32. The van der Waals surface area contributed by atoms with E-state index in [0.29, 0.717) is 29.5 Å². The minimum Gasteiger partial charge on any atom is -0.457 e. The van der Waals surface area contributed by atoms with Crippen LogP contribution in [-0.2, 0) is 11.3 Å². The van der Waals surface area contributed by atoms with Crippen LogP contribution in [0.25, 0.3) is 10.9 Å². The zero-order chi connectivity index (χ0) is 24.0. The summed E-state index contributed by atoms with van der Waals surface area (Å²) in [4.78, 5) is 20.4. The van der Waals surface area contributed by atoms with Gasteiger partial charge in [0.05, 0.1) is 0 Å². The van der Waals surface area contributed by atoms with Gasteiger partial charge < -0.3 is 15.0 Å². The molecule has 0 saturated heterocycles. The van der Waals surface area contributed by atoms with Gasteiger partial charge in [-0.25, -0.2) is 0 Å². The third-order valence-corrected chi connectivity index (χ3v) is 6.19. The van der Waals surface area contributed by atoms with E-state index in [1.165, 1.54) is 0 Å². The molecule has 0 bridgehead atoms. The van der Waals surface area contributed by atoms with Crippen molar-refractivity contribution in [3.8, 4) is 11.5 Å². The van der Waals surface area contributed by atoms with Crippen LogP contribution in [0.1, 0.15) is 29.0 Å². The minimum absolute atomic E-state index is 0.0267. The standard InChI is InChI=1S/C29H24ClN3O2/c30-22-8-10-23(11-9-22)35-24-5-3-4-21(16-24)26(27-19-32-28-7-2-1-6-25(27)28)17-29(34)33-18-20-12-14-31-15-13-20/h1-16,19,26,32H,17-18H2,(H,33,34). The van der Waals surface area contributed by atoms with Gasteiger partial charge in [-0.1, -0.05) is 41.9 Å². The van der Waals surface area contributed by atoms with Crippen molar-refractivity contribution in [2.45, 2.75) is 18.9 Å². The number of ether oxygens (including phenoxy) is 1. The number of carbonyl (C=O) groups excluding carboxylic acids is 1. The summed E-state index contributed by atoms with van der Waals surface area (Å²) in [5.41, 5.74) is 4.12. The van der Waals surface area contributed by atoms with Gasteiger partial charge in [0, 0.05) is 53.4 Å². The second-order valence-corrected chi connectivity index (χ2v) is 8.74. The molecule has 0 saturated carbocycles. The Labute approximate surface area is 208 Å². The predicted octanol–water partition coefficient (Wildman–Crippen LogP) is 6.85. The smallest absolute Gasteiger partial charge is 0.221 e. The normalized spacial score (nSPS) is 11.8. The Morgan fingerprint density at radius 3 is 2.57 bits per heavy atom. The number of fused-ring (bicyclic) bond motifs is 1. The van der Waals surface area contributed by atoms with Crippen molar-refractivity contribution in [2.24, 2.45) is 0 Å². The van der Waals surface area contributed by atoms with E-state index in [4.69, 9.17) is 16.3 Å². The van der Waals surface area contributed by atoms with Gasteiger partial charge in [-0.05, 0) is 71.3 Å². The maximum atomic E-state index is 13.1. The van der Waals surface area contributed by atoms with Gasteiger partial charge in [0.2, 0.25) is 5.91 Å². The third kappa shape index (κ3) is 5.53. The quantitative estimate of drug-likeness (QED) is 0.255. The number of pyridine rings is 1. The third-order valence-electron chi connectivity index (χ3n) is 5.94. The van der Waals surface area contributed by atoms with Gasteiger partial charge in [0.1, 0.15) is 11.5 Å². The molecule has 0 fully saturated rings. The molecule has 5 nitrogen and oxygen atoms in total. The monoisotopic (exact) mass is 481 g/mol. The molecular weight excluding hydrogens is 458 g/mol. The molecule has 2 aromatic heterocycles. The Bertz CT molecular complexity index is 1430. The molecule has 174 valence electrons. The lowest BCUT2D eigenvalue weighted by atomic mass is 9.88. The predicted molar refractivity (Wildman–Crippen MR) is 139 cm³/mol. The first-order chi connectivity index (χ1) is 17.2. The summed E-state index contributed by atoms with van der Waals surface area (Å²) >= 11 is 6.00. The highest BCUT2D eigenvalue weighted by molar-refractivity contribution is 6.30. The highest BCUT2D eigenvalue weighted by Gasteiger charge is 2.22. The van der Waals surface area contributed by atoms with Gasteiger partial charge in [-0.2, -0.15) is 0 Å². The van der Waals surface area contributed by atoms with Crippen LogP contribution in [-0.4, -0.2) is 15.9 Å². The molecule has 1 unspecified atom stereocenters. The molecule has 5 rings (SSSR count). The fourth-order valence-corrected chi connectivity index (χ4v) is 4.31. The highest BCUT2D eigenvalue weighted by Crippen LogP contribution is 2.35. The van der Waals surface area contributed by atoms with Gasteiger partial charge in [0.25, 0.3) is 0 Å². The van der Waals surface area contributed by atoms with E-state index in [-0.39, 0.29) is 11.8 Å². The summed E-state index contributed by atoms with van der Waals surface area (Å²) in [5.74, 6) is 1.22. The average molecular weight is 482 g/mol. The molecule has 35 heavy (non-hydrogen) atoms. The van der Waals surface area contributed by atoms with Crippen LogP contribution in [0.15, 0.2) is 104 Å². The van der Waals surface area contributed by atoms with E-state index < -0.39 is 0 Å². The number of aromatic nitrogens is 2. The van der Waals surface area contributed by atoms with Crippen LogP contribution in [0.4, 0.5) is 0 Å². The molecule has 1 amide bonds. The maximum Gasteiger partial charge on any atom is 0.221 e. The number of hydrogen-bond acceptors (Lipinski definition) is 3. The first-order valence-electron chi connectivity index (χ1n) is 11.4. The zero-order valence-electron chi connectivity index (χ0n) is 18.9. The Balaban J connectivity index is 1.43. The maximum absolute atomic E-state index is 13.1. The molecule has 0 radical (unpaired) electrons. The minimum atomic E-state index is -0.155. The summed E-state index contributed by atoms with van der Waals surface area (Å²) in [5, 5.41) is 4.80. The Kier molecular flexibility index (Phi) is 6.77. The summed E-state index contributed by atoms with van der Waals surface area (Å²) in [7, 11) is 0. The van der Waals surface area contributed by atoms with Crippen LogP contribution in [0.5, 0.6) is 11.5 Å². The number of carbonyl (C=O) groups is 1. The van der Waals surface area contributed by atoms with Crippen molar-refractivity contribution in [3.63, 3.8) is 0 Å². The van der Waals surface area contributed by atoms with E-state index in [0.717, 1.165) is 27.6 Å². The largest absolute Gasteiger partial charge is 0.457 e. The lowest BCUT2D eigenvalue weighted by molar-refractivity contribution is -0.121. The van der Waals surface area contributed by atoms with E-state index >= 15 is 0 Å². The van der Waals surface area contributed by atoms with Crippen molar-refractivity contribution in [2.75, 3.05) is 0 Å². The number of nitrogens with zero attached hydrogens (tertiary/aromatic N) is 1. The van der Waals surface area contributed by atoms with E-state index in [9.17, 15) is 4.79 Å². The molecule has 0 aliphatic rings. The number of benzene rings is 3.